The van der Waals surface area contributed by atoms with Gasteiger partial charge in [-0.15, -0.1) is 0 Å². The highest BCUT2D eigenvalue weighted by Gasteiger charge is 2.05. The summed E-state index contributed by atoms with van der Waals surface area (Å²) >= 11 is 6.02. The van der Waals surface area contributed by atoms with E-state index in [0.717, 1.165) is 30.4 Å². The fourth-order valence-corrected chi connectivity index (χ4v) is 1.60. The Hall–Kier alpha value is -0.500. The summed E-state index contributed by atoms with van der Waals surface area (Å²) in [4.78, 5) is 4.29. The SMILES string of the molecule is CCCCn1c(Cl)cnc1CCC. The zero-order valence-corrected chi connectivity index (χ0v) is 9.14. The molecule has 0 aromatic carbocycles. The van der Waals surface area contributed by atoms with E-state index in [4.69, 9.17) is 11.6 Å². The van der Waals surface area contributed by atoms with Crippen LogP contribution in [0.2, 0.25) is 5.15 Å². The van der Waals surface area contributed by atoms with Gasteiger partial charge in [0.15, 0.2) is 0 Å². The molecule has 3 heteroatoms. The molecule has 74 valence electrons. The van der Waals surface area contributed by atoms with E-state index in [-0.39, 0.29) is 0 Å². The first-order valence-electron chi connectivity index (χ1n) is 4.99. The van der Waals surface area contributed by atoms with Crippen LogP contribution in [0.3, 0.4) is 0 Å². The van der Waals surface area contributed by atoms with E-state index < -0.39 is 0 Å². The molecule has 0 spiro atoms. The van der Waals surface area contributed by atoms with Gasteiger partial charge in [-0.2, -0.15) is 0 Å². The summed E-state index contributed by atoms with van der Waals surface area (Å²) in [6.07, 6.45) is 6.27. The Morgan fingerprint density at radius 2 is 2.15 bits per heavy atom. The molecule has 0 aliphatic carbocycles. The number of rotatable bonds is 5. The number of halogens is 1. The molecule has 0 amide bonds. The van der Waals surface area contributed by atoms with Crippen molar-refractivity contribution < 1.29 is 0 Å². The van der Waals surface area contributed by atoms with E-state index >= 15 is 0 Å². The van der Waals surface area contributed by atoms with Crippen LogP contribution in [0.4, 0.5) is 0 Å². The standard InChI is InChI=1S/C10H17ClN2/c1-3-5-7-13-9(11)8-12-10(13)6-4-2/h8H,3-7H2,1-2H3. The molecule has 0 atom stereocenters. The molecule has 1 heterocycles. The molecule has 1 aromatic heterocycles. The molecular formula is C10H17ClN2. The van der Waals surface area contributed by atoms with Gasteiger partial charge in [0, 0.05) is 13.0 Å². The minimum Gasteiger partial charge on any atom is -0.319 e. The van der Waals surface area contributed by atoms with Gasteiger partial charge in [0.05, 0.1) is 6.20 Å². The van der Waals surface area contributed by atoms with Gasteiger partial charge in [-0.05, 0) is 12.8 Å². The average Bonchev–Trinajstić information content (AvgIpc) is 2.45. The van der Waals surface area contributed by atoms with Gasteiger partial charge in [0.1, 0.15) is 11.0 Å². The third kappa shape index (κ3) is 2.73. The largest absolute Gasteiger partial charge is 0.319 e. The molecule has 0 saturated carbocycles. The summed E-state index contributed by atoms with van der Waals surface area (Å²) in [5, 5.41) is 0.775. The van der Waals surface area contributed by atoms with Crippen molar-refractivity contribution in [1.82, 2.24) is 9.55 Å². The molecule has 0 saturated heterocycles. The summed E-state index contributed by atoms with van der Waals surface area (Å²) in [5.74, 6) is 1.13. The number of aryl methyl sites for hydroxylation is 1. The lowest BCUT2D eigenvalue weighted by Gasteiger charge is -2.06. The molecule has 0 fully saturated rings. The Morgan fingerprint density at radius 1 is 1.38 bits per heavy atom. The molecule has 13 heavy (non-hydrogen) atoms. The summed E-state index contributed by atoms with van der Waals surface area (Å²) < 4.78 is 2.12. The maximum Gasteiger partial charge on any atom is 0.128 e. The fraction of sp³-hybridized carbons (Fsp3) is 0.700. The van der Waals surface area contributed by atoms with E-state index in [1.807, 2.05) is 0 Å². The second kappa shape index (κ2) is 5.28. The van der Waals surface area contributed by atoms with Crippen LogP contribution in [0.15, 0.2) is 6.20 Å². The van der Waals surface area contributed by atoms with E-state index in [9.17, 15) is 0 Å². The zero-order valence-electron chi connectivity index (χ0n) is 8.39. The molecule has 0 aliphatic heterocycles. The van der Waals surface area contributed by atoms with Gasteiger partial charge >= 0.3 is 0 Å². The predicted molar refractivity (Wildman–Crippen MR) is 56.1 cm³/mol. The first-order valence-corrected chi connectivity index (χ1v) is 5.37. The van der Waals surface area contributed by atoms with E-state index in [1.165, 1.54) is 12.8 Å². The maximum absolute atomic E-state index is 6.02. The fourth-order valence-electron chi connectivity index (χ4n) is 1.37. The Kier molecular flexibility index (Phi) is 4.29. The monoisotopic (exact) mass is 200 g/mol. The van der Waals surface area contributed by atoms with Crippen LogP contribution in [0, 0.1) is 0 Å². The van der Waals surface area contributed by atoms with Crippen molar-refractivity contribution in [2.75, 3.05) is 0 Å². The minimum absolute atomic E-state index is 0.775. The van der Waals surface area contributed by atoms with Crippen molar-refractivity contribution in [3.05, 3.63) is 17.2 Å². The van der Waals surface area contributed by atoms with Crippen LogP contribution in [0.25, 0.3) is 0 Å². The molecule has 0 radical (unpaired) electrons. The molecule has 0 N–H and O–H groups in total. The summed E-state index contributed by atoms with van der Waals surface area (Å²) in [6.45, 7) is 5.35. The van der Waals surface area contributed by atoms with Crippen molar-refractivity contribution in [3.63, 3.8) is 0 Å². The van der Waals surface area contributed by atoms with Crippen LogP contribution < -0.4 is 0 Å². The minimum atomic E-state index is 0.775. The lowest BCUT2D eigenvalue weighted by atomic mass is 10.3. The Bertz CT molecular complexity index is 255. The number of hydrogen-bond acceptors (Lipinski definition) is 1. The highest BCUT2D eigenvalue weighted by Crippen LogP contribution is 2.14. The maximum atomic E-state index is 6.02. The quantitative estimate of drug-likeness (QED) is 0.713. The highest BCUT2D eigenvalue weighted by atomic mass is 35.5. The molecule has 2 nitrogen and oxygen atoms in total. The van der Waals surface area contributed by atoms with Crippen LogP contribution in [-0.2, 0) is 13.0 Å². The molecule has 0 bridgehead atoms. The van der Waals surface area contributed by atoms with Crippen LogP contribution in [-0.4, -0.2) is 9.55 Å². The molecular weight excluding hydrogens is 184 g/mol. The Morgan fingerprint density at radius 3 is 2.77 bits per heavy atom. The molecule has 0 unspecified atom stereocenters. The second-order valence-electron chi connectivity index (χ2n) is 3.25. The van der Waals surface area contributed by atoms with Crippen molar-refractivity contribution in [2.45, 2.75) is 46.1 Å². The normalized spacial score (nSPS) is 10.7. The van der Waals surface area contributed by atoms with E-state index in [1.54, 1.807) is 6.20 Å². The zero-order chi connectivity index (χ0) is 9.68. The number of nitrogens with zero attached hydrogens (tertiary/aromatic N) is 2. The third-order valence-corrected chi connectivity index (χ3v) is 2.40. The van der Waals surface area contributed by atoms with Gasteiger partial charge in [-0.1, -0.05) is 31.9 Å². The smallest absolute Gasteiger partial charge is 0.128 e. The topological polar surface area (TPSA) is 17.8 Å². The van der Waals surface area contributed by atoms with Crippen molar-refractivity contribution in [2.24, 2.45) is 0 Å². The lowest BCUT2D eigenvalue weighted by Crippen LogP contribution is -2.03. The predicted octanol–water partition coefficient (Wildman–Crippen LogP) is 3.29. The molecule has 1 aromatic rings. The van der Waals surface area contributed by atoms with E-state index in [0.29, 0.717) is 0 Å². The van der Waals surface area contributed by atoms with Gasteiger partial charge in [0.2, 0.25) is 0 Å². The Balaban J connectivity index is 2.69. The summed E-state index contributed by atoms with van der Waals surface area (Å²) in [5.41, 5.74) is 0. The number of imidazole rings is 1. The summed E-state index contributed by atoms with van der Waals surface area (Å²) in [7, 11) is 0. The van der Waals surface area contributed by atoms with Crippen molar-refractivity contribution in [3.8, 4) is 0 Å². The molecule has 0 aliphatic rings. The van der Waals surface area contributed by atoms with Gasteiger partial charge in [-0.25, -0.2) is 4.98 Å². The van der Waals surface area contributed by atoms with Gasteiger partial charge in [0.25, 0.3) is 0 Å². The van der Waals surface area contributed by atoms with Crippen LogP contribution >= 0.6 is 11.6 Å². The van der Waals surface area contributed by atoms with Crippen molar-refractivity contribution in [1.29, 1.82) is 0 Å². The third-order valence-electron chi connectivity index (χ3n) is 2.10. The van der Waals surface area contributed by atoms with E-state index in [2.05, 4.69) is 23.4 Å². The number of hydrogen-bond donors (Lipinski definition) is 0. The van der Waals surface area contributed by atoms with Gasteiger partial charge in [-0.3, -0.25) is 0 Å². The summed E-state index contributed by atoms with van der Waals surface area (Å²) in [6, 6.07) is 0. The van der Waals surface area contributed by atoms with Crippen LogP contribution in [0.5, 0.6) is 0 Å². The average molecular weight is 201 g/mol. The molecule has 1 rings (SSSR count). The lowest BCUT2D eigenvalue weighted by molar-refractivity contribution is 0.598. The van der Waals surface area contributed by atoms with Gasteiger partial charge < -0.3 is 4.57 Å². The highest BCUT2D eigenvalue weighted by molar-refractivity contribution is 6.29. The van der Waals surface area contributed by atoms with Crippen LogP contribution in [0.1, 0.15) is 38.9 Å². The van der Waals surface area contributed by atoms with Crippen molar-refractivity contribution >= 4 is 11.6 Å². The first kappa shape index (κ1) is 10.6. The Labute approximate surface area is 84.9 Å². The number of unbranched alkanes of at least 4 members (excludes halogenated alkanes) is 1. The first-order chi connectivity index (χ1) is 6.29. The second-order valence-corrected chi connectivity index (χ2v) is 3.64. The number of aromatic nitrogens is 2.